The van der Waals surface area contributed by atoms with Crippen LogP contribution < -0.4 is 10.6 Å². The highest BCUT2D eigenvalue weighted by Gasteiger charge is 2.11. The normalized spacial score (nSPS) is 11.8. The number of nitrogens with one attached hydrogen (secondary N) is 2. The van der Waals surface area contributed by atoms with Gasteiger partial charge in [-0.15, -0.1) is 0 Å². The van der Waals surface area contributed by atoms with Crippen LogP contribution in [0.15, 0.2) is 18.2 Å². The summed E-state index contributed by atoms with van der Waals surface area (Å²) in [7, 11) is 0. The van der Waals surface area contributed by atoms with Gasteiger partial charge in [0.1, 0.15) is 0 Å². The third-order valence-electron chi connectivity index (χ3n) is 2.27. The highest BCUT2D eigenvalue weighted by atomic mass is 19.2. The van der Waals surface area contributed by atoms with E-state index >= 15 is 0 Å². The van der Waals surface area contributed by atoms with E-state index in [9.17, 15) is 18.4 Å². The fourth-order valence-corrected chi connectivity index (χ4v) is 1.27. The van der Waals surface area contributed by atoms with Gasteiger partial charge in [-0.25, -0.2) is 8.78 Å². The van der Waals surface area contributed by atoms with Crippen LogP contribution in [0.5, 0.6) is 0 Å². The van der Waals surface area contributed by atoms with Gasteiger partial charge in [0, 0.05) is 11.6 Å². The summed E-state index contributed by atoms with van der Waals surface area (Å²) in [5, 5.41) is 13.4. The Bertz CT molecular complexity index is 480. The summed E-state index contributed by atoms with van der Waals surface area (Å²) in [4.78, 5) is 22.8. The highest BCUT2D eigenvalue weighted by Crippen LogP contribution is 2.08. The van der Waals surface area contributed by atoms with E-state index in [0.717, 1.165) is 18.2 Å². The predicted octanol–water partition coefficient (Wildman–Crippen LogP) is 0.192. The molecule has 19 heavy (non-hydrogen) atoms. The molecule has 0 spiro atoms. The zero-order valence-electron chi connectivity index (χ0n) is 10.2. The Kier molecular flexibility index (Phi) is 5.37. The van der Waals surface area contributed by atoms with E-state index in [2.05, 4.69) is 10.6 Å². The van der Waals surface area contributed by atoms with Gasteiger partial charge in [0.2, 0.25) is 5.91 Å². The molecule has 0 bridgehead atoms. The van der Waals surface area contributed by atoms with Crippen LogP contribution in [-0.2, 0) is 4.79 Å². The van der Waals surface area contributed by atoms with Crippen LogP contribution in [0.2, 0.25) is 0 Å². The van der Waals surface area contributed by atoms with Gasteiger partial charge >= 0.3 is 0 Å². The fraction of sp³-hybridized carbons (Fsp3) is 0.333. The second-order valence-electron chi connectivity index (χ2n) is 3.96. The minimum Gasteiger partial charge on any atom is -0.394 e. The first-order valence-electron chi connectivity index (χ1n) is 5.57. The van der Waals surface area contributed by atoms with Gasteiger partial charge in [0.15, 0.2) is 11.6 Å². The molecule has 0 saturated heterocycles. The standard InChI is InChI=1S/C12H14F2N2O3/c1-7(6-17)16-11(18)5-15-12(19)8-2-3-9(13)10(14)4-8/h2-4,7,17H,5-6H2,1H3,(H,15,19)(H,16,18). The highest BCUT2D eigenvalue weighted by molar-refractivity contribution is 5.96. The van der Waals surface area contributed by atoms with Crippen LogP contribution in [-0.4, -0.2) is 36.1 Å². The number of carbonyl (C=O) groups excluding carboxylic acids is 2. The van der Waals surface area contributed by atoms with Crippen LogP contribution in [0.3, 0.4) is 0 Å². The van der Waals surface area contributed by atoms with Crippen molar-refractivity contribution in [3.05, 3.63) is 35.4 Å². The van der Waals surface area contributed by atoms with Crippen LogP contribution >= 0.6 is 0 Å². The topological polar surface area (TPSA) is 78.4 Å². The maximum absolute atomic E-state index is 12.9. The summed E-state index contributed by atoms with van der Waals surface area (Å²) < 4.78 is 25.6. The monoisotopic (exact) mass is 272 g/mol. The van der Waals surface area contributed by atoms with Gasteiger partial charge < -0.3 is 15.7 Å². The van der Waals surface area contributed by atoms with Crippen LogP contribution in [0.4, 0.5) is 8.78 Å². The van der Waals surface area contributed by atoms with Crippen LogP contribution in [0.1, 0.15) is 17.3 Å². The second-order valence-corrected chi connectivity index (χ2v) is 3.96. The van der Waals surface area contributed by atoms with Crippen molar-refractivity contribution < 1.29 is 23.5 Å². The zero-order chi connectivity index (χ0) is 14.4. The lowest BCUT2D eigenvalue weighted by molar-refractivity contribution is -0.121. The molecule has 1 aromatic rings. The molecule has 0 aliphatic carbocycles. The van der Waals surface area contributed by atoms with E-state index in [4.69, 9.17) is 5.11 Å². The minimum atomic E-state index is -1.13. The molecule has 0 radical (unpaired) electrons. The van der Waals surface area contributed by atoms with Crippen molar-refractivity contribution in [2.75, 3.05) is 13.2 Å². The number of rotatable bonds is 5. The predicted molar refractivity (Wildman–Crippen MR) is 63.4 cm³/mol. The number of hydrogen-bond donors (Lipinski definition) is 3. The average molecular weight is 272 g/mol. The quantitative estimate of drug-likeness (QED) is 0.716. The Labute approximate surface area is 108 Å². The number of halogens is 2. The SMILES string of the molecule is CC(CO)NC(=O)CNC(=O)c1ccc(F)c(F)c1. The van der Waals surface area contributed by atoms with Crippen molar-refractivity contribution in [1.82, 2.24) is 10.6 Å². The molecule has 2 amide bonds. The summed E-state index contributed by atoms with van der Waals surface area (Å²) in [6.45, 7) is 1.06. The summed E-state index contributed by atoms with van der Waals surface area (Å²) in [5.74, 6) is -3.36. The number of aliphatic hydroxyl groups excluding tert-OH is 1. The molecule has 0 heterocycles. The molecule has 104 valence electrons. The molecular weight excluding hydrogens is 258 g/mol. The molecule has 1 rings (SSSR count). The van der Waals surface area contributed by atoms with E-state index in [1.54, 1.807) is 6.92 Å². The molecule has 0 fully saturated rings. The Hall–Kier alpha value is -2.02. The molecule has 1 unspecified atom stereocenters. The fourth-order valence-electron chi connectivity index (χ4n) is 1.27. The van der Waals surface area contributed by atoms with Gasteiger partial charge in [-0.2, -0.15) is 0 Å². The molecular formula is C12H14F2N2O3. The van der Waals surface area contributed by atoms with E-state index in [1.165, 1.54) is 0 Å². The number of aliphatic hydroxyl groups is 1. The Morgan fingerprint density at radius 1 is 1.32 bits per heavy atom. The summed E-state index contributed by atoms with van der Waals surface area (Å²) in [6, 6.07) is 2.27. The van der Waals surface area contributed by atoms with Crippen molar-refractivity contribution in [1.29, 1.82) is 0 Å². The zero-order valence-corrected chi connectivity index (χ0v) is 10.2. The number of benzene rings is 1. The molecule has 0 aliphatic heterocycles. The smallest absolute Gasteiger partial charge is 0.251 e. The second kappa shape index (κ2) is 6.79. The lowest BCUT2D eigenvalue weighted by Gasteiger charge is -2.11. The van der Waals surface area contributed by atoms with E-state index in [0.29, 0.717) is 0 Å². The van der Waals surface area contributed by atoms with Gasteiger partial charge in [0.25, 0.3) is 5.91 Å². The lowest BCUT2D eigenvalue weighted by Crippen LogP contribution is -2.42. The molecule has 0 saturated carbocycles. The lowest BCUT2D eigenvalue weighted by atomic mass is 10.2. The Morgan fingerprint density at radius 2 is 2.00 bits per heavy atom. The molecule has 3 N–H and O–H groups in total. The van der Waals surface area contributed by atoms with E-state index < -0.39 is 29.5 Å². The molecule has 5 nitrogen and oxygen atoms in total. The van der Waals surface area contributed by atoms with Crippen LogP contribution in [0, 0.1) is 11.6 Å². The Morgan fingerprint density at radius 3 is 2.58 bits per heavy atom. The van der Waals surface area contributed by atoms with Crippen LogP contribution in [0.25, 0.3) is 0 Å². The molecule has 0 aromatic heterocycles. The van der Waals surface area contributed by atoms with Crippen molar-refractivity contribution in [3.63, 3.8) is 0 Å². The van der Waals surface area contributed by atoms with Gasteiger partial charge in [-0.05, 0) is 25.1 Å². The van der Waals surface area contributed by atoms with E-state index in [-0.39, 0.29) is 18.7 Å². The molecule has 1 aromatic carbocycles. The van der Waals surface area contributed by atoms with Crippen molar-refractivity contribution >= 4 is 11.8 Å². The Balaban J connectivity index is 2.51. The third kappa shape index (κ3) is 4.63. The van der Waals surface area contributed by atoms with Gasteiger partial charge in [-0.3, -0.25) is 9.59 Å². The summed E-state index contributed by atoms with van der Waals surface area (Å²) in [5.41, 5.74) is -0.0816. The third-order valence-corrected chi connectivity index (χ3v) is 2.27. The van der Waals surface area contributed by atoms with E-state index in [1.807, 2.05) is 0 Å². The molecule has 1 atom stereocenters. The maximum atomic E-state index is 12.9. The van der Waals surface area contributed by atoms with Crippen molar-refractivity contribution in [2.24, 2.45) is 0 Å². The molecule has 7 heteroatoms. The first-order valence-corrected chi connectivity index (χ1v) is 5.57. The minimum absolute atomic E-state index is 0.0816. The van der Waals surface area contributed by atoms with Crippen molar-refractivity contribution in [3.8, 4) is 0 Å². The van der Waals surface area contributed by atoms with Gasteiger partial charge in [0.05, 0.1) is 13.2 Å². The van der Waals surface area contributed by atoms with Gasteiger partial charge in [-0.1, -0.05) is 0 Å². The first-order chi connectivity index (χ1) is 8.93. The number of amides is 2. The first kappa shape index (κ1) is 15.0. The summed E-state index contributed by atoms with van der Waals surface area (Å²) >= 11 is 0. The van der Waals surface area contributed by atoms with Crippen molar-refractivity contribution in [2.45, 2.75) is 13.0 Å². The average Bonchev–Trinajstić information content (AvgIpc) is 2.39. The molecule has 0 aliphatic rings. The maximum Gasteiger partial charge on any atom is 0.251 e. The summed E-state index contributed by atoms with van der Waals surface area (Å²) in [6.07, 6.45) is 0. The number of hydrogen-bond acceptors (Lipinski definition) is 3. The largest absolute Gasteiger partial charge is 0.394 e. The number of carbonyl (C=O) groups is 2.